The average Bonchev–Trinajstić information content (AvgIpc) is 2.32. The predicted octanol–water partition coefficient (Wildman–Crippen LogP) is 4.80. The van der Waals surface area contributed by atoms with Gasteiger partial charge in [0.05, 0.1) is 5.70 Å². The maximum atomic E-state index is 3.73. The van der Waals surface area contributed by atoms with Gasteiger partial charge in [-0.25, -0.2) is 0 Å². The standard InChI is InChI=1S/C15H29N/c1-4-7-8-9-10-11-12-13-15(6-3)16-14-5-2/h16H,3-5,7-14H2,1-2H3. The summed E-state index contributed by atoms with van der Waals surface area (Å²) in [5.41, 5.74) is 4.21. The maximum absolute atomic E-state index is 3.73. The highest BCUT2D eigenvalue weighted by Gasteiger charge is 1.95. The molecule has 0 aliphatic rings. The van der Waals surface area contributed by atoms with Crippen molar-refractivity contribution >= 4 is 0 Å². The van der Waals surface area contributed by atoms with Crippen LogP contribution in [0.1, 0.15) is 71.6 Å². The summed E-state index contributed by atoms with van der Waals surface area (Å²) in [7, 11) is 0. The van der Waals surface area contributed by atoms with Crippen LogP contribution < -0.4 is 5.32 Å². The Morgan fingerprint density at radius 2 is 1.56 bits per heavy atom. The van der Waals surface area contributed by atoms with E-state index >= 15 is 0 Å². The summed E-state index contributed by atoms with van der Waals surface area (Å²) < 4.78 is 0. The van der Waals surface area contributed by atoms with E-state index in [4.69, 9.17) is 0 Å². The third kappa shape index (κ3) is 9.86. The smallest absolute Gasteiger partial charge is 0.0531 e. The van der Waals surface area contributed by atoms with Crippen molar-refractivity contribution in [2.45, 2.75) is 71.6 Å². The molecule has 0 aromatic rings. The van der Waals surface area contributed by atoms with Gasteiger partial charge in [-0.2, -0.15) is 0 Å². The fourth-order valence-corrected chi connectivity index (χ4v) is 1.77. The number of rotatable bonds is 11. The maximum Gasteiger partial charge on any atom is 0.0531 e. The van der Waals surface area contributed by atoms with Crippen LogP contribution in [0.5, 0.6) is 0 Å². The van der Waals surface area contributed by atoms with Gasteiger partial charge < -0.3 is 5.32 Å². The van der Waals surface area contributed by atoms with Crippen molar-refractivity contribution in [2.75, 3.05) is 6.54 Å². The molecule has 0 amide bonds. The van der Waals surface area contributed by atoms with Crippen molar-refractivity contribution in [1.29, 1.82) is 0 Å². The predicted molar refractivity (Wildman–Crippen MR) is 73.6 cm³/mol. The largest absolute Gasteiger partial charge is 0.382 e. The van der Waals surface area contributed by atoms with Crippen LogP contribution in [0.2, 0.25) is 0 Å². The minimum Gasteiger partial charge on any atom is -0.382 e. The molecular weight excluding hydrogens is 194 g/mol. The van der Waals surface area contributed by atoms with E-state index in [2.05, 4.69) is 31.5 Å². The normalized spacial score (nSPS) is 9.88. The van der Waals surface area contributed by atoms with Crippen LogP contribution in [0.3, 0.4) is 0 Å². The molecule has 0 unspecified atom stereocenters. The number of nitrogens with one attached hydrogen (secondary N) is 1. The second-order valence-electron chi connectivity index (χ2n) is 4.45. The highest BCUT2D eigenvalue weighted by Crippen LogP contribution is 2.10. The summed E-state index contributed by atoms with van der Waals surface area (Å²) in [6.45, 7) is 9.23. The first-order valence-electron chi connectivity index (χ1n) is 6.97. The van der Waals surface area contributed by atoms with Crippen LogP contribution in [0.15, 0.2) is 18.0 Å². The van der Waals surface area contributed by atoms with Gasteiger partial charge in [0.25, 0.3) is 0 Å². The highest BCUT2D eigenvalue weighted by molar-refractivity contribution is 4.95. The van der Waals surface area contributed by atoms with Gasteiger partial charge in [0.2, 0.25) is 0 Å². The van der Waals surface area contributed by atoms with Crippen molar-refractivity contribution in [3.8, 4) is 0 Å². The van der Waals surface area contributed by atoms with Gasteiger partial charge in [-0.15, -0.1) is 5.73 Å². The topological polar surface area (TPSA) is 12.0 Å². The SMILES string of the molecule is C=C=C(CCCCCCCCC)NCCC. The van der Waals surface area contributed by atoms with E-state index in [-0.39, 0.29) is 0 Å². The molecule has 0 aromatic heterocycles. The molecule has 0 saturated heterocycles. The molecule has 0 heterocycles. The fourth-order valence-electron chi connectivity index (χ4n) is 1.77. The number of hydrogen-bond acceptors (Lipinski definition) is 1. The molecule has 1 nitrogen and oxygen atoms in total. The van der Waals surface area contributed by atoms with E-state index in [0.717, 1.165) is 13.0 Å². The van der Waals surface area contributed by atoms with E-state index in [1.807, 2.05) is 0 Å². The third-order valence-corrected chi connectivity index (χ3v) is 2.83. The minimum absolute atomic E-state index is 1.05. The lowest BCUT2D eigenvalue weighted by Gasteiger charge is -2.07. The Balaban J connectivity index is 3.32. The van der Waals surface area contributed by atoms with Crippen molar-refractivity contribution in [1.82, 2.24) is 5.32 Å². The van der Waals surface area contributed by atoms with Gasteiger partial charge in [-0.3, -0.25) is 0 Å². The Hall–Kier alpha value is -0.680. The van der Waals surface area contributed by atoms with Crippen LogP contribution in [0.4, 0.5) is 0 Å². The van der Waals surface area contributed by atoms with Gasteiger partial charge in [-0.05, 0) is 19.3 Å². The quantitative estimate of drug-likeness (QED) is 0.392. The zero-order chi connectivity index (χ0) is 12.1. The van der Waals surface area contributed by atoms with Crippen LogP contribution in [-0.2, 0) is 0 Å². The Morgan fingerprint density at radius 3 is 2.12 bits per heavy atom. The Labute approximate surface area is 102 Å². The summed E-state index contributed by atoms with van der Waals surface area (Å²) in [6, 6.07) is 0. The molecule has 0 fully saturated rings. The summed E-state index contributed by atoms with van der Waals surface area (Å²) in [4.78, 5) is 0. The first-order valence-corrected chi connectivity index (χ1v) is 6.97. The first-order chi connectivity index (χ1) is 7.85. The summed E-state index contributed by atoms with van der Waals surface area (Å²) in [5.74, 6) is 0. The lowest BCUT2D eigenvalue weighted by Crippen LogP contribution is -2.13. The minimum atomic E-state index is 1.05. The monoisotopic (exact) mass is 223 g/mol. The van der Waals surface area contributed by atoms with Crippen molar-refractivity contribution in [3.05, 3.63) is 18.0 Å². The second kappa shape index (κ2) is 12.4. The van der Waals surface area contributed by atoms with E-state index in [9.17, 15) is 0 Å². The van der Waals surface area contributed by atoms with Crippen LogP contribution >= 0.6 is 0 Å². The van der Waals surface area contributed by atoms with Crippen LogP contribution in [0, 0.1) is 0 Å². The zero-order valence-electron chi connectivity index (χ0n) is 11.3. The van der Waals surface area contributed by atoms with Crippen molar-refractivity contribution in [2.24, 2.45) is 0 Å². The fraction of sp³-hybridized carbons (Fsp3) is 0.800. The van der Waals surface area contributed by atoms with E-state index in [1.165, 1.54) is 57.1 Å². The van der Waals surface area contributed by atoms with E-state index < -0.39 is 0 Å². The third-order valence-electron chi connectivity index (χ3n) is 2.83. The molecule has 0 aliphatic carbocycles. The summed E-state index contributed by atoms with van der Waals surface area (Å²) >= 11 is 0. The molecule has 0 radical (unpaired) electrons. The summed E-state index contributed by atoms with van der Waals surface area (Å²) in [5, 5.41) is 3.37. The second-order valence-corrected chi connectivity index (χ2v) is 4.45. The van der Waals surface area contributed by atoms with Gasteiger partial charge in [0, 0.05) is 6.54 Å². The average molecular weight is 223 g/mol. The molecule has 0 aliphatic heterocycles. The Bertz CT molecular complexity index is 190. The number of allylic oxidation sites excluding steroid dienone is 1. The number of hydrogen-bond donors (Lipinski definition) is 1. The van der Waals surface area contributed by atoms with Gasteiger partial charge >= 0.3 is 0 Å². The van der Waals surface area contributed by atoms with Gasteiger partial charge in [-0.1, -0.05) is 59.0 Å². The van der Waals surface area contributed by atoms with E-state index in [0.29, 0.717) is 0 Å². The molecular formula is C15H29N. The summed E-state index contributed by atoms with van der Waals surface area (Å²) in [6.07, 6.45) is 11.9. The lowest BCUT2D eigenvalue weighted by atomic mass is 10.1. The first kappa shape index (κ1) is 15.3. The molecule has 0 bridgehead atoms. The molecule has 0 saturated carbocycles. The Kier molecular flexibility index (Phi) is 11.9. The highest BCUT2D eigenvalue weighted by atomic mass is 14.9. The molecule has 94 valence electrons. The molecule has 0 aromatic carbocycles. The van der Waals surface area contributed by atoms with Crippen molar-refractivity contribution in [3.63, 3.8) is 0 Å². The molecule has 16 heavy (non-hydrogen) atoms. The molecule has 0 atom stereocenters. The molecule has 1 heteroatoms. The van der Waals surface area contributed by atoms with Crippen LogP contribution in [-0.4, -0.2) is 6.54 Å². The zero-order valence-corrected chi connectivity index (χ0v) is 11.3. The number of unbranched alkanes of at least 4 members (excludes halogenated alkanes) is 6. The Morgan fingerprint density at radius 1 is 0.938 bits per heavy atom. The molecule has 0 spiro atoms. The van der Waals surface area contributed by atoms with E-state index in [1.54, 1.807) is 0 Å². The molecule has 1 N–H and O–H groups in total. The van der Waals surface area contributed by atoms with Crippen LogP contribution in [0.25, 0.3) is 0 Å². The van der Waals surface area contributed by atoms with Gasteiger partial charge in [0.15, 0.2) is 0 Å². The van der Waals surface area contributed by atoms with Gasteiger partial charge in [0.1, 0.15) is 0 Å². The van der Waals surface area contributed by atoms with Crippen molar-refractivity contribution < 1.29 is 0 Å². The lowest BCUT2D eigenvalue weighted by molar-refractivity contribution is 0.580. The molecule has 0 rings (SSSR count).